The number of hydrogen-bond acceptors (Lipinski definition) is 3. The van der Waals surface area contributed by atoms with E-state index in [0.717, 1.165) is 18.5 Å². The molecular weight excluding hydrogens is 276 g/mol. The number of likely N-dealkylation sites (tertiary alicyclic amines) is 1. The molecule has 1 aliphatic rings. The molecule has 122 valence electrons. The Bertz CT molecular complexity index is 496. The summed E-state index contributed by atoms with van der Waals surface area (Å²) in [7, 11) is 0. The summed E-state index contributed by atoms with van der Waals surface area (Å²) >= 11 is 0. The first-order valence-corrected chi connectivity index (χ1v) is 8.07. The van der Waals surface area contributed by atoms with Crippen molar-refractivity contribution >= 4 is 5.91 Å². The normalized spacial score (nSPS) is 22.9. The van der Waals surface area contributed by atoms with Crippen molar-refractivity contribution in [2.24, 2.45) is 5.41 Å². The average Bonchev–Trinajstić information content (AvgIpc) is 2.44. The number of carbonyl (C=O) groups is 1. The Morgan fingerprint density at radius 1 is 1.27 bits per heavy atom. The molecule has 0 spiro atoms. The molecule has 0 aromatic heterocycles. The predicted molar refractivity (Wildman–Crippen MR) is 88.4 cm³/mol. The van der Waals surface area contributed by atoms with Gasteiger partial charge in [-0.2, -0.15) is 0 Å². The van der Waals surface area contributed by atoms with Gasteiger partial charge in [0.15, 0.2) is 5.60 Å². The van der Waals surface area contributed by atoms with Gasteiger partial charge in [0.2, 0.25) is 0 Å². The van der Waals surface area contributed by atoms with Crippen molar-refractivity contribution in [3.8, 4) is 0 Å². The second-order valence-corrected chi connectivity index (χ2v) is 7.51. The molecule has 1 aromatic carbocycles. The maximum Gasteiger partial charge on any atom is 0.255 e. The third-order valence-electron chi connectivity index (χ3n) is 3.96. The lowest BCUT2D eigenvalue weighted by molar-refractivity contribution is -0.158. The second-order valence-electron chi connectivity index (χ2n) is 7.51. The first kappa shape index (κ1) is 17.0. The third kappa shape index (κ3) is 4.55. The number of nitrogens with zero attached hydrogens (tertiary/aromatic N) is 1. The van der Waals surface area contributed by atoms with E-state index in [9.17, 15) is 9.90 Å². The Labute approximate surface area is 133 Å². The Balaban J connectivity index is 1.92. The number of piperidine rings is 1. The smallest absolute Gasteiger partial charge is 0.255 e. The highest BCUT2D eigenvalue weighted by Crippen LogP contribution is 2.25. The van der Waals surface area contributed by atoms with E-state index in [2.05, 4.69) is 26.1 Å². The number of hydrogen-bond donors (Lipinski definition) is 2. The van der Waals surface area contributed by atoms with Crippen molar-refractivity contribution in [2.75, 3.05) is 19.6 Å². The molecule has 1 atom stereocenters. The fourth-order valence-electron chi connectivity index (χ4n) is 2.96. The van der Waals surface area contributed by atoms with E-state index in [4.69, 9.17) is 0 Å². The zero-order valence-electron chi connectivity index (χ0n) is 13.9. The van der Waals surface area contributed by atoms with Gasteiger partial charge in [-0.25, -0.2) is 0 Å². The molecule has 1 amide bonds. The molecule has 2 N–H and O–H groups in total. The van der Waals surface area contributed by atoms with Crippen molar-refractivity contribution in [3.05, 3.63) is 35.9 Å². The van der Waals surface area contributed by atoms with Crippen LogP contribution in [-0.2, 0) is 11.3 Å². The number of amides is 1. The van der Waals surface area contributed by atoms with Crippen LogP contribution in [0.5, 0.6) is 0 Å². The molecule has 22 heavy (non-hydrogen) atoms. The third-order valence-corrected chi connectivity index (χ3v) is 3.96. The molecule has 0 unspecified atom stereocenters. The largest absolute Gasteiger partial charge is 0.379 e. The minimum Gasteiger partial charge on any atom is -0.379 e. The Hall–Kier alpha value is -1.39. The number of nitrogens with one attached hydrogen (secondary N) is 1. The molecule has 4 heteroatoms. The molecule has 0 aliphatic carbocycles. The van der Waals surface area contributed by atoms with E-state index in [0.29, 0.717) is 26.1 Å². The van der Waals surface area contributed by atoms with Crippen LogP contribution in [-0.4, -0.2) is 41.1 Å². The van der Waals surface area contributed by atoms with Gasteiger partial charge in [0.05, 0.1) is 0 Å². The van der Waals surface area contributed by atoms with Crippen molar-refractivity contribution in [1.29, 1.82) is 0 Å². The fourth-order valence-corrected chi connectivity index (χ4v) is 2.96. The monoisotopic (exact) mass is 304 g/mol. The van der Waals surface area contributed by atoms with Crippen LogP contribution >= 0.6 is 0 Å². The highest BCUT2D eigenvalue weighted by atomic mass is 16.3. The molecule has 1 saturated heterocycles. The number of rotatable bonds is 5. The quantitative estimate of drug-likeness (QED) is 0.876. The fraction of sp³-hybridized carbons (Fsp3) is 0.611. The van der Waals surface area contributed by atoms with Crippen molar-refractivity contribution < 1.29 is 9.90 Å². The number of carbonyl (C=O) groups excluding carboxylic acids is 1. The van der Waals surface area contributed by atoms with E-state index in [1.807, 2.05) is 35.2 Å². The van der Waals surface area contributed by atoms with Crippen LogP contribution < -0.4 is 5.32 Å². The number of benzene rings is 1. The first-order chi connectivity index (χ1) is 10.3. The lowest BCUT2D eigenvalue weighted by Crippen LogP contribution is -2.59. The minimum atomic E-state index is -1.27. The first-order valence-electron chi connectivity index (χ1n) is 8.07. The summed E-state index contributed by atoms with van der Waals surface area (Å²) in [6.07, 6.45) is 1.39. The van der Waals surface area contributed by atoms with Gasteiger partial charge < -0.3 is 15.3 Å². The number of aliphatic hydroxyl groups is 1. The van der Waals surface area contributed by atoms with Crippen LogP contribution in [0.15, 0.2) is 30.3 Å². The van der Waals surface area contributed by atoms with Crippen LogP contribution in [0.3, 0.4) is 0 Å². The van der Waals surface area contributed by atoms with Gasteiger partial charge in [0, 0.05) is 26.2 Å². The van der Waals surface area contributed by atoms with Gasteiger partial charge >= 0.3 is 0 Å². The second kappa shape index (κ2) is 6.80. The molecular formula is C18H28N2O2. The summed E-state index contributed by atoms with van der Waals surface area (Å²) in [6, 6.07) is 10.0. The Kier molecular flexibility index (Phi) is 5.24. The maximum absolute atomic E-state index is 12.6. The maximum atomic E-state index is 12.6. The van der Waals surface area contributed by atoms with E-state index in [1.165, 1.54) is 0 Å². The summed E-state index contributed by atoms with van der Waals surface area (Å²) in [6.45, 7) is 8.74. The zero-order chi connectivity index (χ0) is 16.2. The Morgan fingerprint density at radius 2 is 1.95 bits per heavy atom. The van der Waals surface area contributed by atoms with E-state index in [-0.39, 0.29) is 11.3 Å². The van der Waals surface area contributed by atoms with Crippen LogP contribution in [0.4, 0.5) is 0 Å². The zero-order valence-corrected chi connectivity index (χ0v) is 13.9. The standard InChI is InChI=1S/C18H28N2O2/c1-17(2,3)14-20-11-7-10-18(22,16(20)21)13-19-12-15-8-5-4-6-9-15/h4-6,8-9,19,22H,7,10-14H2,1-3H3/t18-/m0/s1. The van der Waals surface area contributed by atoms with Gasteiger partial charge in [0.25, 0.3) is 5.91 Å². The average molecular weight is 304 g/mol. The molecule has 2 rings (SSSR count). The molecule has 1 aliphatic heterocycles. The molecule has 0 bridgehead atoms. The van der Waals surface area contributed by atoms with E-state index in [1.54, 1.807) is 0 Å². The molecule has 1 heterocycles. The van der Waals surface area contributed by atoms with Gasteiger partial charge in [-0.3, -0.25) is 4.79 Å². The molecule has 0 radical (unpaired) electrons. The van der Waals surface area contributed by atoms with Gasteiger partial charge in [-0.1, -0.05) is 51.1 Å². The highest BCUT2D eigenvalue weighted by Gasteiger charge is 2.42. The van der Waals surface area contributed by atoms with E-state index >= 15 is 0 Å². The molecule has 0 saturated carbocycles. The van der Waals surface area contributed by atoms with Crippen LogP contribution in [0.1, 0.15) is 39.2 Å². The lowest BCUT2D eigenvalue weighted by atomic mass is 9.88. The molecule has 1 fully saturated rings. The minimum absolute atomic E-state index is 0.0470. The van der Waals surface area contributed by atoms with Crippen LogP contribution in [0.25, 0.3) is 0 Å². The van der Waals surface area contributed by atoms with Crippen LogP contribution in [0.2, 0.25) is 0 Å². The highest BCUT2D eigenvalue weighted by molar-refractivity contribution is 5.86. The topological polar surface area (TPSA) is 52.6 Å². The van der Waals surface area contributed by atoms with Crippen molar-refractivity contribution in [2.45, 2.75) is 45.8 Å². The lowest BCUT2D eigenvalue weighted by Gasteiger charge is -2.41. The van der Waals surface area contributed by atoms with Gasteiger partial charge in [0.1, 0.15) is 0 Å². The molecule has 1 aromatic rings. The van der Waals surface area contributed by atoms with E-state index < -0.39 is 5.60 Å². The summed E-state index contributed by atoms with van der Waals surface area (Å²) < 4.78 is 0. The Morgan fingerprint density at radius 3 is 2.59 bits per heavy atom. The molecule has 4 nitrogen and oxygen atoms in total. The summed E-state index contributed by atoms with van der Waals surface area (Å²) in [5.74, 6) is -0.130. The van der Waals surface area contributed by atoms with Crippen LogP contribution in [0, 0.1) is 5.41 Å². The SMILES string of the molecule is CC(C)(C)CN1CCC[C@](O)(CNCc2ccccc2)C1=O. The summed E-state index contributed by atoms with van der Waals surface area (Å²) in [4.78, 5) is 14.4. The predicted octanol–water partition coefficient (Wildman–Crippen LogP) is 2.18. The van der Waals surface area contributed by atoms with Gasteiger partial charge in [-0.15, -0.1) is 0 Å². The van der Waals surface area contributed by atoms with Crippen molar-refractivity contribution in [3.63, 3.8) is 0 Å². The van der Waals surface area contributed by atoms with Gasteiger partial charge in [-0.05, 0) is 23.8 Å². The summed E-state index contributed by atoms with van der Waals surface area (Å²) in [5.41, 5.74) is -0.0650. The summed E-state index contributed by atoms with van der Waals surface area (Å²) in [5, 5.41) is 14.0. The van der Waals surface area contributed by atoms with Crippen molar-refractivity contribution in [1.82, 2.24) is 10.2 Å².